The maximum atomic E-state index is 13.1. The average Bonchev–Trinajstić information content (AvgIpc) is 2.90. The number of anilines is 1. The minimum Gasteiger partial charge on any atom is -0.368 e. The second-order valence-corrected chi connectivity index (χ2v) is 7.61. The van der Waals surface area contributed by atoms with Crippen molar-refractivity contribution in [3.8, 4) is 0 Å². The first kappa shape index (κ1) is 15.6. The lowest BCUT2D eigenvalue weighted by Gasteiger charge is -2.25. The summed E-state index contributed by atoms with van der Waals surface area (Å²) in [4.78, 5) is 12.0. The predicted octanol–water partition coefficient (Wildman–Crippen LogP) is 1.91. The van der Waals surface area contributed by atoms with Gasteiger partial charge in [-0.15, -0.1) is 0 Å². The van der Waals surface area contributed by atoms with Crippen LogP contribution >= 0.6 is 0 Å². The fourth-order valence-electron chi connectivity index (χ4n) is 2.86. The number of primary amides is 1. The van der Waals surface area contributed by atoms with Gasteiger partial charge in [0.25, 0.3) is 10.0 Å². The molecule has 0 aliphatic carbocycles. The monoisotopic (exact) mass is 330 g/mol. The van der Waals surface area contributed by atoms with Crippen LogP contribution in [0.3, 0.4) is 0 Å². The quantitative estimate of drug-likeness (QED) is 0.933. The fourth-order valence-corrected chi connectivity index (χ4v) is 4.60. The largest absolute Gasteiger partial charge is 0.368 e. The van der Waals surface area contributed by atoms with Gasteiger partial charge in [0.1, 0.15) is 6.04 Å². The molecule has 0 fully saturated rings. The highest BCUT2D eigenvalue weighted by Gasteiger charge is 2.41. The van der Waals surface area contributed by atoms with Gasteiger partial charge in [-0.2, -0.15) is 0 Å². The van der Waals surface area contributed by atoms with Crippen LogP contribution in [0.1, 0.15) is 16.7 Å². The summed E-state index contributed by atoms with van der Waals surface area (Å²) in [5.74, 6) is -0.645. The molecule has 0 aromatic heterocycles. The smallest absolute Gasteiger partial charge is 0.265 e. The average molecular weight is 330 g/mol. The molecule has 0 spiro atoms. The molecule has 1 aliphatic rings. The molecule has 0 radical (unpaired) electrons. The molecule has 2 N–H and O–H groups in total. The van der Waals surface area contributed by atoms with Crippen LogP contribution in [0.4, 0.5) is 5.69 Å². The number of nitrogens with two attached hydrogens (primary N) is 1. The number of amides is 1. The van der Waals surface area contributed by atoms with E-state index in [1.165, 1.54) is 0 Å². The summed E-state index contributed by atoms with van der Waals surface area (Å²) in [6.07, 6.45) is 0.301. The van der Waals surface area contributed by atoms with E-state index in [-0.39, 0.29) is 4.90 Å². The van der Waals surface area contributed by atoms with Gasteiger partial charge in [-0.1, -0.05) is 24.3 Å². The number of hydrogen-bond acceptors (Lipinski definition) is 3. The van der Waals surface area contributed by atoms with E-state index in [1.54, 1.807) is 30.3 Å². The standard InChI is InChI=1S/C17H18N2O3S/c1-11-7-8-14(9-12(11)2)23(21,22)19-15-6-4-3-5-13(15)10-16(19)17(18)20/h3-9,16H,10H2,1-2H3,(H2,18,20). The summed E-state index contributed by atoms with van der Waals surface area (Å²) in [5.41, 5.74) is 8.68. The van der Waals surface area contributed by atoms with E-state index < -0.39 is 22.0 Å². The molecule has 1 aliphatic heterocycles. The Labute approximate surface area is 135 Å². The molecule has 0 saturated carbocycles. The van der Waals surface area contributed by atoms with E-state index in [0.29, 0.717) is 12.1 Å². The molecule has 2 aromatic rings. The lowest BCUT2D eigenvalue weighted by atomic mass is 10.1. The molecular formula is C17H18N2O3S. The van der Waals surface area contributed by atoms with Crippen molar-refractivity contribution in [1.82, 2.24) is 0 Å². The Bertz CT molecular complexity index is 890. The highest BCUT2D eigenvalue weighted by molar-refractivity contribution is 7.93. The first-order chi connectivity index (χ1) is 10.8. The topological polar surface area (TPSA) is 80.5 Å². The summed E-state index contributed by atoms with van der Waals surface area (Å²) >= 11 is 0. The van der Waals surface area contributed by atoms with Crippen molar-refractivity contribution in [2.75, 3.05) is 4.31 Å². The Kier molecular flexibility index (Phi) is 3.64. The van der Waals surface area contributed by atoms with Crippen LogP contribution in [-0.2, 0) is 21.2 Å². The number of aryl methyl sites for hydroxylation is 2. The molecule has 120 valence electrons. The van der Waals surface area contributed by atoms with Crippen LogP contribution < -0.4 is 10.0 Å². The van der Waals surface area contributed by atoms with Crippen molar-refractivity contribution < 1.29 is 13.2 Å². The van der Waals surface area contributed by atoms with Crippen LogP contribution in [0.25, 0.3) is 0 Å². The third-order valence-electron chi connectivity index (χ3n) is 4.29. The van der Waals surface area contributed by atoms with Gasteiger partial charge in [-0.3, -0.25) is 9.10 Å². The number of fused-ring (bicyclic) bond motifs is 1. The van der Waals surface area contributed by atoms with Gasteiger partial charge in [0.05, 0.1) is 10.6 Å². The second kappa shape index (κ2) is 5.38. The van der Waals surface area contributed by atoms with Crippen LogP contribution in [0.5, 0.6) is 0 Å². The van der Waals surface area contributed by atoms with Crippen LogP contribution in [0, 0.1) is 13.8 Å². The van der Waals surface area contributed by atoms with Crippen molar-refractivity contribution in [3.05, 3.63) is 59.2 Å². The minimum absolute atomic E-state index is 0.170. The summed E-state index contributed by atoms with van der Waals surface area (Å²) in [6, 6.07) is 11.2. The van der Waals surface area contributed by atoms with E-state index in [4.69, 9.17) is 5.73 Å². The summed E-state index contributed by atoms with van der Waals surface area (Å²) < 4.78 is 27.3. The SMILES string of the molecule is Cc1ccc(S(=O)(=O)N2c3ccccc3CC2C(N)=O)cc1C. The van der Waals surface area contributed by atoms with E-state index in [2.05, 4.69) is 0 Å². The highest BCUT2D eigenvalue weighted by atomic mass is 32.2. The Morgan fingerprint density at radius 1 is 1.13 bits per heavy atom. The molecule has 6 heteroatoms. The van der Waals surface area contributed by atoms with Gasteiger partial charge in [0.2, 0.25) is 5.91 Å². The van der Waals surface area contributed by atoms with Crippen molar-refractivity contribution in [1.29, 1.82) is 0 Å². The maximum absolute atomic E-state index is 13.1. The van der Waals surface area contributed by atoms with Gasteiger partial charge in [-0.25, -0.2) is 8.42 Å². The number of benzene rings is 2. The van der Waals surface area contributed by atoms with Gasteiger partial charge >= 0.3 is 0 Å². The number of para-hydroxylation sites is 1. The van der Waals surface area contributed by atoms with Gasteiger partial charge < -0.3 is 5.73 Å². The number of carbonyl (C=O) groups is 1. The lowest BCUT2D eigenvalue weighted by molar-refractivity contribution is -0.118. The van der Waals surface area contributed by atoms with Crippen LogP contribution in [-0.4, -0.2) is 20.4 Å². The van der Waals surface area contributed by atoms with Crippen molar-refractivity contribution in [2.24, 2.45) is 5.73 Å². The molecule has 0 bridgehead atoms. The van der Waals surface area contributed by atoms with Crippen LogP contribution in [0.2, 0.25) is 0 Å². The first-order valence-electron chi connectivity index (χ1n) is 7.31. The van der Waals surface area contributed by atoms with Gasteiger partial charge in [0, 0.05) is 6.42 Å². The van der Waals surface area contributed by atoms with E-state index in [0.717, 1.165) is 21.0 Å². The normalized spacial score (nSPS) is 17.1. The molecule has 1 unspecified atom stereocenters. The van der Waals surface area contributed by atoms with Crippen LogP contribution in [0.15, 0.2) is 47.4 Å². The number of sulfonamides is 1. The molecule has 1 heterocycles. The molecule has 1 atom stereocenters. The van der Waals surface area contributed by atoms with E-state index >= 15 is 0 Å². The molecule has 0 saturated heterocycles. The van der Waals surface area contributed by atoms with E-state index in [9.17, 15) is 13.2 Å². The predicted molar refractivity (Wildman–Crippen MR) is 88.7 cm³/mol. The molecule has 3 rings (SSSR count). The highest BCUT2D eigenvalue weighted by Crippen LogP contribution is 2.36. The summed E-state index contributed by atoms with van der Waals surface area (Å²) in [5, 5.41) is 0. The van der Waals surface area contributed by atoms with Crippen molar-refractivity contribution in [2.45, 2.75) is 31.2 Å². The Morgan fingerprint density at radius 2 is 1.83 bits per heavy atom. The third kappa shape index (κ3) is 2.49. The zero-order valence-corrected chi connectivity index (χ0v) is 13.8. The molecular weight excluding hydrogens is 312 g/mol. The number of nitrogens with zero attached hydrogens (tertiary/aromatic N) is 1. The summed E-state index contributed by atoms with van der Waals surface area (Å²) in [7, 11) is -3.85. The van der Waals surface area contributed by atoms with E-state index in [1.807, 2.05) is 26.0 Å². The van der Waals surface area contributed by atoms with Gasteiger partial charge in [0.15, 0.2) is 0 Å². The molecule has 5 nitrogen and oxygen atoms in total. The number of hydrogen-bond donors (Lipinski definition) is 1. The summed E-state index contributed by atoms with van der Waals surface area (Å²) in [6.45, 7) is 3.78. The Morgan fingerprint density at radius 3 is 2.48 bits per heavy atom. The number of rotatable bonds is 3. The van der Waals surface area contributed by atoms with Crippen molar-refractivity contribution in [3.63, 3.8) is 0 Å². The zero-order chi connectivity index (χ0) is 16.8. The minimum atomic E-state index is -3.85. The number of carbonyl (C=O) groups excluding carboxylic acids is 1. The lowest BCUT2D eigenvalue weighted by Crippen LogP contribution is -2.46. The fraction of sp³-hybridized carbons (Fsp3) is 0.235. The molecule has 23 heavy (non-hydrogen) atoms. The van der Waals surface area contributed by atoms with Crippen molar-refractivity contribution >= 4 is 21.6 Å². The second-order valence-electron chi connectivity index (χ2n) is 5.80. The first-order valence-corrected chi connectivity index (χ1v) is 8.75. The molecule has 2 aromatic carbocycles. The van der Waals surface area contributed by atoms with Gasteiger partial charge in [-0.05, 0) is 48.7 Å². The molecule has 1 amide bonds. The Hall–Kier alpha value is -2.34. The maximum Gasteiger partial charge on any atom is 0.265 e. The zero-order valence-electron chi connectivity index (χ0n) is 13.0. The Balaban J connectivity index is 2.16. The third-order valence-corrected chi connectivity index (χ3v) is 6.11.